The molecular formula is C17H12F3NO3S2. The zero-order valence-electron chi connectivity index (χ0n) is 13.3. The Labute approximate surface area is 152 Å². The summed E-state index contributed by atoms with van der Waals surface area (Å²) >= 11 is 0.918. The van der Waals surface area contributed by atoms with Gasteiger partial charge in [-0.3, -0.25) is 0 Å². The fourth-order valence-electron chi connectivity index (χ4n) is 2.83. The van der Waals surface area contributed by atoms with Crippen molar-refractivity contribution in [3.05, 3.63) is 53.1 Å². The van der Waals surface area contributed by atoms with Gasteiger partial charge in [0, 0.05) is 27.2 Å². The molecule has 26 heavy (non-hydrogen) atoms. The highest BCUT2D eigenvalue weighted by Crippen LogP contribution is 2.57. The first-order valence-electron chi connectivity index (χ1n) is 7.32. The average molecular weight is 399 g/mol. The molecule has 0 heterocycles. The van der Waals surface area contributed by atoms with Gasteiger partial charge in [-0.05, 0) is 30.3 Å². The summed E-state index contributed by atoms with van der Waals surface area (Å²) in [7, 11) is -3.95. The van der Waals surface area contributed by atoms with Crippen LogP contribution < -0.4 is 0 Å². The Kier molecular flexibility index (Phi) is 4.55. The van der Waals surface area contributed by atoms with Gasteiger partial charge in [0.25, 0.3) is 0 Å². The topological polar surface area (TPSA) is 78.2 Å². The van der Waals surface area contributed by atoms with Crippen LogP contribution in [0, 0.1) is 11.3 Å². The Bertz CT molecular complexity index is 1030. The van der Waals surface area contributed by atoms with E-state index < -0.39 is 44.1 Å². The smallest absolute Gasteiger partial charge is 0.312 e. The van der Waals surface area contributed by atoms with Gasteiger partial charge in [-0.1, -0.05) is 17.8 Å². The van der Waals surface area contributed by atoms with Crippen molar-refractivity contribution >= 4 is 21.6 Å². The Morgan fingerprint density at radius 1 is 1.23 bits per heavy atom. The summed E-state index contributed by atoms with van der Waals surface area (Å²) in [6.07, 6.45) is -4.58. The van der Waals surface area contributed by atoms with Crippen LogP contribution >= 0.6 is 11.8 Å². The number of nitriles is 1. The molecule has 136 valence electrons. The first-order chi connectivity index (χ1) is 12.1. The fourth-order valence-corrected chi connectivity index (χ4v) is 4.81. The highest BCUT2D eigenvalue weighted by Gasteiger charge is 2.58. The summed E-state index contributed by atoms with van der Waals surface area (Å²) in [5.74, 6) is -4.13. The van der Waals surface area contributed by atoms with Crippen LogP contribution in [0.25, 0.3) is 0 Å². The lowest BCUT2D eigenvalue weighted by molar-refractivity contribution is -0.144. The predicted octanol–water partition coefficient (Wildman–Crippen LogP) is 3.81. The Morgan fingerprint density at radius 2 is 1.92 bits per heavy atom. The highest BCUT2D eigenvalue weighted by molar-refractivity contribution is 7.99. The maximum absolute atomic E-state index is 14.5. The van der Waals surface area contributed by atoms with Gasteiger partial charge >= 0.3 is 5.92 Å². The molecule has 1 N–H and O–H groups in total. The van der Waals surface area contributed by atoms with Crippen LogP contribution in [-0.2, 0) is 9.84 Å². The Balaban J connectivity index is 2.20. The molecule has 2 unspecified atom stereocenters. The molecule has 1 aliphatic carbocycles. The van der Waals surface area contributed by atoms with Gasteiger partial charge in [-0.15, -0.1) is 0 Å². The molecule has 9 heteroatoms. The minimum absolute atomic E-state index is 0.0613. The number of benzene rings is 2. The van der Waals surface area contributed by atoms with Crippen LogP contribution in [0.15, 0.2) is 51.1 Å². The number of nitrogens with zero attached hydrogens (tertiary/aromatic N) is 1. The summed E-state index contributed by atoms with van der Waals surface area (Å²) in [5, 5.41) is 18.8. The number of aliphatic hydroxyl groups is 1. The molecule has 0 aliphatic heterocycles. The average Bonchev–Trinajstić information content (AvgIpc) is 2.75. The van der Waals surface area contributed by atoms with Crippen molar-refractivity contribution in [1.82, 2.24) is 0 Å². The number of halogens is 3. The molecule has 0 saturated carbocycles. The third kappa shape index (κ3) is 2.98. The fraction of sp³-hybridized carbons (Fsp3) is 0.235. The zero-order valence-corrected chi connectivity index (χ0v) is 14.9. The summed E-state index contributed by atoms with van der Waals surface area (Å²) < 4.78 is 66.3. The molecule has 0 aromatic heterocycles. The van der Waals surface area contributed by atoms with Crippen molar-refractivity contribution in [2.75, 3.05) is 6.26 Å². The molecule has 2 aromatic rings. The SMILES string of the molecule is CS(=O)(=O)c1ccc(Sc2cccc(C#N)c2)c2c1C(O)C(F)(F)C2F. The number of sulfone groups is 1. The lowest BCUT2D eigenvalue weighted by Gasteiger charge is -2.16. The summed E-state index contributed by atoms with van der Waals surface area (Å²) in [4.78, 5) is 0.0384. The van der Waals surface area contributed by atoms with E-state index in [-0.39, 0.29) is 4.90 Å². The van der Waals surface area contributed by atoms with Gasteiger partial charge in [-0.2, -0.15) is 14.0 Å². The highest BCUT2D eigenvalue weighted by atomic mass is 32.2. The number of aliphatic hydroxyl groups excluding tert-OH is 1. The molecule has 1 aliphatic rings. The van der Waals surface area contributed by atoms with Gasteiger partial charge in [-0.25, -0.2) is 12.8 Å². The van der Waals surface area contributed by atoms with Gasteiger partial charge in [0.2, 0.25) is 0 Å². The van der Waals surface area contributed by atoms with E-state index in [9.17, 15) is 26.7 Å². The number of rotatable bonds is 3. The lowest BCUT2D eigenvalue weighted by Crippen LogP contribution is -2.24. The molecule has 0 saturated heterocycles. The molecule has 0 radical (unpaired) electrons. The van der Waals surface area contributed by atoms with E-state index in [0.717, 1.165) is 24.1 Å². The van der Waals surface area contributed by atoms with Crippen molar-refractivity contribution in [3.63, 3.8) is 0 Å². The van der Waals surface area contributed by atoms with Gasteiger partial charge in [0.15, 0.2) is 16.0 Å². The molecule has 2 atom stereocenters. The Hall–Kier alpha value is -2.02. The standard InChI is InChI=1S/C17H12F3NO3S2/c1-26(23,24)12-6-5-11(25-10-4-2-3-9(7-10)8-21)13-14(12)16(22)17(19,20)15(13)18/h2-7,15-16,22H,1H3. The van der Waals surface area contributed by atoms with E-state index in [2.05, 4.69) is 0 Å². The molecule has 3 rings (SSSR count). The van der Waals surface area contributed by atoms with Crippen LogP contribution in [-0.4, -0.2) is 25.7 Å². The molecule has 0 spiro atoms. The molecule has 0 bridgehead atoms. The number of alkyl halides is 3. The third-order valence-electron chi connectivity index (χ3n) is 4.03. The second-order valence-corrected chi connectivity index (χ2v) is 8.94. The normalized spacial score (nSPS) is 21.2. The summed E-state index contributed by atoms with van der Waals surface area (Å²) in [6.45, 7) is 0. The minimum atomic E-state index is -4.13. The van der Waals surface area contributed by atoms with Crippen molar-refractivity contribution in [3.8, 4) is 6.07 Å². The van der Waals surface area contributed by atoms with E-state index in [1.165, 1.54) is 12.1 Å². The van der Waals surface area contributed by atoms with Crippen molar-refractivity contribution in [2.45, 2.75) is 32.9 Å². The lowest BCUT2D eigenvalue weighted by atomic mass is 10.1. The van der Waals surface area contributed by atoms with Crippen molar-refractivity contribution in [2.24, 2.45) is 0 Å². The largest absolute Gasteiger partial charge is 0.382 e. The van der Waals surface area contributed by atoms with E-state index >= 15 is 0 Å². The van der Waals surface area contributed by atoms with Crippen molar-refractivity contribution in [1.29, 1.82) is 5.26 Å². The predicted molar refractivity (Wildman–Crippen MR) is 88.6 cm³/mol. The summed E-state index contributed by atoms with van der Waals surface area (Å²) in [5.41, 5.74) is -0.800. The van der Waals surface area contributed by atoms with Crippen molar-refractivity contribution < 1.29 is 26.7 Å². The molecule has 0 fully saturated rings. The van der Waals surface area contributed by atoms with Gasteiger partial charge in [0.05, 0.1) is 16.5 Å². The Morgan fingerprint density at radius 3 is 2.54 bits per heavy atom. The van der Waals surface area contributed by atoms with Crippen LogP contribution in [0.3, 0.4) is 0 Å². The van der Waals surface area contributed by atoms with E-state index in [0.29, 0.717) is 10.5 Å². The second-order valence-electron chi connectivity index (χ2n) is 5.84. The summed E-state index contributed by atoms with van der Waals surface area (Å²) in [6, 6.07) is 10.5. The molecule has 2 aromatic carbocycles. The van der Waals surface area contributed by atoms with E-state index in [4.69, 9.17) is 5.26 Å². The van der Waals surface area contributed by atoms with Crippen LogP contribution in [0.5, 0.6) is 0 Å². The molecule has 0 amide bonds. The van der Waals surface area contributed by atoms with Gasteiger partial charge < -0.3 is 5.11 Å². The number of fused-ring (bicyclic) bond motifs is 1. The second kappa shape index (κ2) is 6.30. The monoisotopic (exact) mass is 399 g/mol. The van der Waals surface area contributed by atoms with Gasteiger partial charge in [0.1, 0.15) is 6.10 Å². The minimum Gasteiger partial charge on any atom is -0.382 e. The quantitative estimate of drug-likeness (QED) is 0.849. The first-order valence-corrected chi connectivity index (χ1v) is 10.0. The van der Waals surface area contributed by atoms with E-state index in [1.807, 2.05) is 6.07 Å². The zero-order chi connectivity index (χ0) is 19.3. The van der Waals surface area contributed by atoms with Crippen LogP contribution in [0.1, 0.15) is 29.0 Å². The van der Waals surface area contributed by atoms with E-state index in [1.54, 1.807) is 18.2 Å². The number of hydrogen-bond acceptors (Lipinski definition) is 5. The third-order valence-corrected chi connectivity index (χ3v) is 6.25. The van der Waals surface area contributed by atoms with Crippen LogP contribution in [0.4, 0.5) is 13.2 Å². The maximum Gasteiger partial charge on any atom is 0.312 e. The first kappa shape index (κ1) is 18.8. The van der Waals surface area contributed by atoms with Crippen LogP contribution in [0.2, 0.25) is 0 Å². The molecule has 4 nitrogen and oxygen atoms in total. The maximum atomic E-state index is 14.5. The number of hydrogen-bond donors (Lipinski definition) is 1. The molecular weight excluding hydrogens is 387 g/mol.